The van der Waals surface area contributed by atoms with Crippen molar-refractivity contribution in [2.24, 2.45) is 5.73 Å². The van der Waals surface area contributed by atoms with Crippen LogP contribution >= 0.6 is 0 Å². The molecule has 0 heterocycles. The fourth-order valence-corrected chi connectivity index (χ4v) is 2.67. The lowest BCUT2D eigenvalue weighted by Crippen LogP contribution is -2.40. The Morgan fingerprint density at radius 3 is 2.59 bits per heavy atom. The number of para-hydroxylation sites is 1. The first-order valence-corrected chi connectivity index (χ1v) is 6.24. The number of hydrogen-bond donors (Lipinski definition) is 2. The predicted octanol–water partition coefficient (Wildman–Crippen LogP) is 2.04. The van der Waals surface area contributed by atoms with Crippen LogP contribution < -0.4 is 10.5 Å². The highest BCUT2D eigenvalue weighted by Crippen LogP contribution is 2.40. The van der Waals surface area contributed by atoms with Crippen molar-refractivity contribution < 1.29 is 9.84 Å². The average molecular weight is 235 g/mol. The van der Waals surface area contributed by atoms with Gasteiger partial charge < -0.3 is 15.6 Å². The number of ether oxygens (including phenoxy) is 1. The van der Waals surface area contributed by atoms with Gasteiger partial charge in [-0.3, -0.25) is 0 Å². The predicted molar refractivity (Wildman–Crippen MR) is 68.2 cm³/mol. The number of benzene rings is 1. The van der Waals surface area contributed by atoms with Crippen molar-refractivity contribution in [2.45, 2.75) is 37.2 Å². The first-order chi connectivity index (χ1) is 8.18. The molecule has 3 N–H and O–H groups in total. The van der Waals surface area contributed by atoms with Crippen LogP contribution in [0.4, 0.5) is 0 Å². The molecule has 2 rings (SSSR count). The summed E-state index contributed by atoms with van der Waals surface area (Å²) in [6.07, 6.45) is 3.53. The van der Waals surface area contributed by atoms with Crippen LogP contribution in [0.1, 0.15) is 37.2 Å². The van der Waals surface area contributed by atoms with Gasteiger partial charge in [-0.25, -0.2) is 0 Å². The number of methoxy groups -OCH3 is 1. The van der Waals surface area contributed by atoms with E-state index in [-0.39, 0.29) is 0 Å². The molecule has 0 aromatic heterocycles. The van der Waals surface area contributed by atoms with Gasteiger partial charge in [-0.1, -0.05) is 18.2 Å². The molecule has 0 atom stereocenters. The molecule has 0 saturated heterocycles. The summed E-state index contributed by atoms with van der Waals surface area (Å²) in [4.78, 5) is 0. The van der Waals surface area contributed by atoms with Crippen LogP contribution in [0.5, 0.6) is 5.75 Å². The molecule has 0 spiro atoms. The SMILES string of the molecule is COc1ccccc1C1CCC(O)(CN)CC1. The Labute approximate surface area is 103 Å². The van der Waals surface area contributed by atoms with Crippen molar-refractivity contribution in [3.05, 3.63) is 29.8 Å². The molecule has 94 valence electrons. The van der Waals surface area contributed by atoms with Crippen LogP contribution in [-0.2, 0) is 0 Å². The van der Waals surface area contributed by atoms with E-state index in [1.165, 1.54) is 5.56 Å². The van der Waals surface area contributed by atoms with Gasteiger partial charge in [0, 0.05) is 6.54 Å². The second-order valence-corrected chi connectivity index (χ2v) is 4.94. The molecule has 0 radical (unpaired) electrons. The zero-order valence-corrected chi connectivity index (χ0v) is 10.4. The molecule has 0 bridgehead atoms. The second kappa shape index (κ2) is 5.07. The largest absolute Gasteiger partial charge is 0.496 e. The lowest BCUT2D eigenvalue weighted by Gasteiger charge is -2.35. The van der Waals surface area contributed by atoms with Gasteiger partial charge in [0.15, 0.2) is 0 Å². The van der Waals surface area contributed by atoms with Gasteiger partial charge >= 0.3 is 0 Å². The van der Waals surface area contributed by atoms with E-state index in [0.717, 1.165) is 31.4 Å². The van der Waals surface area contributed by atoms with Gasteiger partial charge in [-0.05, 0) is 43.2 Å². The number of hydrogen-bond acceptors (Lipinski definition) is 3. The lowest BCUT2D eigenvalue weighted by atomic mass is 9.76. The van der Waals surface area contributed by atoms with Crippen LogP contribution in [0.25, 0.3) is 0 Å². The summed E-state index contributed by atoms with van der Waals surface area (Å²) in [5, 5.41) is 10.1. The molecular weight excluding hydrogens is 214 g/mol. The van der Waals surface area contributed by atoms with E-state index in [0.29, 0.717) is 12.5 Å². The van der Waals surface area contributed by atoms with Crippen molar-refractivity contribution in [3.63, 3.8) is 0 Å². The monoisotopic (exact) mass is 235 g/mol. The molecule has 0 amide bonds. The molecule has 1 aliphatic carbocycles. The zero-order valence-electron chi connectivity index (χ0n) is 10.4. The molecule has 1 aromatic carbocycles. The molecular formula is C14H21NO2. The third-order valence-corrected chi connectivity index (χ3v) is 3.88. The highest BCUT2D eigenvalue weighted by molar-refractivity contribution is 5.36. The van der Waals surface area contributed by atoms with E-state index >= 15 is 0 Å². The van der Waals surface area contributed by atoms with Crippen molar-refractivity contribution in [2.75, 3.05) is 13.7 Å². The van der Waals surface area contributed by atoms with Crippen LogP contribution in [0.15, 0.2) is 24.3 Å². The second-order valence-electron chi connectivity index (χ2n) is 4.94. The number of rotatable bonds is 3. The van der Waals surface area contributed by atoms with Crippen LogP contribution in [0, 0.1) is 0 Å². The summed E-state index contributed by atoms with van der Waals surface area (Å²) in [6, 6.07) is 8.15. The van der Waals surface area contributed by atoms with Crippen molar-refractivity contribution in [1.82, 2.24) is 0 Å². The van der Waals surface area contributed by atoms with Gasteiger partial charge in [0.25, 0.3) is 0 Å². The molecule has 3 nitrogen and oxygen atoms in total. The molecule has 0 aliphatic heterocycles. The maximum Gasteiger partial charge on any atom is 0.122 e. The lowest BCUT2D eigenvalue weighted by molar-refractivity contribution is 0.00748. The van der Waals surface area contributed by atoms with Gasteiger partial charge in [0.1, 0.15) is 5.75 Å². The minimum atomic E-state index is -0.640. The van der Waals surface area contributed by atoms with E-state index in [4.69, 9.17) is 10.5 Å². The molecule has 17 heavy (non-hydrogen) atoms. The Hall–Kier alpha value is -1.06. The van der Waals surface area contributed by atoms with Crippen LogP contribution in [0.2, 0.25) is 0 Å². The third kappa shape index (κ3) is 2.61. The smallest absolute Gasteiger partial charge is 0.122 e. The minimum Gasteiger partial charge on any atom is -0.496 e. The van der Waals surface area contributed by atoms with Gasteiger partial charge in [0.2, 0.25) is 0 Å². The molecule has 1 fully saturated rings. The van der Waals surface area contributed by atoms with E-state index in [9.17, 15) is 5.11 Å². The molecule has 0 unspecified atom stereocenters. The number of aliphatic hydroxyl groups is 1. The first kappa shape index (κ1) is 12.4. The van der Waals surface area contributed by atoms with E-state index < -0.39 is 5.60 Å². The van der Waals surface area contributed by atoms with Crippen molar-refractivity contribution in [1.29, 1.82) is 0 Å². The fourth-order valence-electron chi connectivity index (χ4n) is 2.67. The van der Waals surface area contributed by atoms with Gasteiger partial charge in [0.05, 0.1) is 12.7 Å². The zero-order chi connectivity index (χ0) is 12.3. The van der Waals surface area contributed by atoms with Crippen LogP contribution in [0.3, 0.4) is 0 Å². The Balaban J connectivity index is 2.10. The average Bonchev–Trinajstić information content (AvgIpc) is 2.40. The van der Waals surface area contributed by atoms with Crippen molar-refractivity contribution >= 4 is 0 Å². The molecule has 1 aliphatic rings. The Kier molecular flexibility index (Phi) is 3.69. The summed E-state index contributed by atoms with van der Waals surface area (Å²) in [5.74, 6) is 1.44. The van der Waals surface area contributed by atoms with E-state index in [2.05, 4.69) is 6.07 Å². The summed E-state index contributed by atoms with van der Waals surface area (Å²) >= 11 is 0. The molecule has 3 heteroatoms. The normalized spacial score (nSPS) is 29.0. The Morgan fingerprint density at radius 2 is 2.00 bits per heavy atom. The summed E-state index contributed by atoms with van der Waals surface area (Å²) in [6.45, 7) is 0.367. The van der Waals surface area contributed by atoms with Gasteiger partial charge in [-0.15, -0.1) is 0 Å². The van der Waals surface area contributed by atoms with E-state index in [1.54, 1.807) is 7.11 Å². The molecule has 1 aromatic rings. The summed E-state index contributed by atoms with van der Waals surface area (Å²) in [5.41, 5.74) is 6.22. The van der Waals surface area contributed by atoms with Crippen molar-refractivity contribution in [3.8, 4) is 5.75 Å². The maximum atomic E-state index is 10.1. The quantitative estimate of drug-likeness (QED) is 0.843. The van der Waals surface area contributed by atoms with E-state index in [1.807, 2.05) is 18.2 Å². The first-order valence-electron chi connectivity index (χ1n) is 6.24. The highest BCUT2D eigenvalue weighted by Gasteiger charge is 2.33. The standard InChI is InChI=1S/C14H21NO2/c1-17-13-5-3-2-4-12(13)11-6-8-14(16,10-15)9-7-11/h2-5,11,16H,6-10,15H2,1H3. The fraction of sp³-hybridized carbons (Fsp3) is 0.571. The maximum absolute atomic E-state index is 10.1. The third-order valence-electron chi connectivity index (χ3n) is 3.88. The minimum absolute atomic E-state index is 0.367. The Bertz CT molecular complexity index is 370. The molecule has 1 saturated carbocycles. The topological polar surface area (TPSA) is 55.5 Å². The summed E-state index contributed by atoms with van der Waals surface area (Å²) < 4.78 is 5.39. The van der Waals surface area contributed by atoms with Gasteiger partial charge in [-0.2, -0.15) is 0 Å². The van der Waals surface area contributed by atoms with Crippen LogP contribution in [-0.4, -0.2) is 24.4 Å². The Morgan fingerprint density at radius 1 is 1.35 bits per heavy atom. The number of nitrogens with two attached hydrogens (primary N) is 1. The summed E-state index contributed by atoms with van der Waals surface area (Å²) in [7, 11) is 1.71. The highest BCUT2D eigenvalue weighted by atomic mass is 16.5.